The molecule has 2 aromatic rings. The quantitative estimate of drug-likeness (QED) is 0.782. The molecule has 1 amide bonds. The molecule has 0 aliphatic carbocycles. The lowest BCUT2D eigenvalue weighted by Gasteiger charge is -2.29. The summed E-state index contributed by atoms with van der Waals surface area (Å²) in [6, 6.07) is 12.2. The molecule has 0 radical (unpaired) electrons. The van der Waals surface area contributed by atoms with Gasteiger partial charge in [-0.2, -0.15) is 0 Å². The van der Waals surface area contributed by atoms with Crippen molar-refractivity contribution < 1.29 is 13.2 Å². The molecule has 0 heterocycles. The Morgan fingerprint density at radius 3 is 2.11 bits per heavy atom. The molecule has 0 saturated heterocycles. The van der Waals surface area contributed by atoms with E-state index in [2.05, 4.69) is 5.32 Å². The van der Waals surface area contributed by atoms with Gasteiger partial charge < -0.3 is 5.32 Å². The van der Waals surface area contributed by atoms with Crippen molar-refractivity contribution in [1.82, 2.24) is 0 Å². The highest BCUT2D eigenvalue weighted by molar-refractivity contribution is 7.92. The summed E-state index contributed by atoms with van der Waals surface area (Å²) in [5.41, 5.74) is 4.28. The average Bonchev–Trinajstić information content (AvgIpc) is 2.60. The monoisotopic (exact) mass is 388 g/mol. The maximum atomic E-state index is 13.0. The first-order valence-electron chi connectivity index (χ1n) is 9.16. The molecule has 1 atom stereocenters. The molecule has 1 N–H and O–H groups in total. The van der Waals surface area contributed by atoms with Crippen LogP contribution >= 0.6 is 0 Å². The van der Waals surface area contributed by atoms with Crippen LogP contribution in [0.4, 0.5) is 11.4 Å². The first kappa shape index (κ1) is 21.0. The van der Waals surface area contributed by atoms with Gasteiger partial charge in [0.05, 0.1) is 11.9 Å². The lowest BCUT2D eigenvalue weighted by Crippen LogP contribution is -2.45. The summed E-state index contributed by atoms with van der Waals surface area (Å²) >= 11 is 0. The number of hydrogen-bond donors (Lipinski definition) is 1. The fraction of sp³-hybridized carbons (Fsp3) is 0.381. The standard InChI is InChI=1S/C21H28N2O3S/c1-6-17-11-9-12-18(7-2)20(17)22-21(24)16(4)23(27(5,25)26)19-13-8-10-15(3)14-19/h8-14,16H,6-7H2,1-5H3,(H,22,24)/t16-/m1/s1. The summed E-state index contributed by atoms with van der Waals surface area (Å²) in [6.07, 6.45) is 2.69. The van der Waals surface area contributed by atoms with Crippen LogP contribution in [0.15, 0.2) is 42.5 Å². The molecule has 0 bridgehead atoms. The predicted octanol–water partition coefficient (Wildman–Crippen LogP) is 3.91. The highest BCUT2D eigenvalue weighted by Gasteiger charge is 2.29. The molecular weight excluding hydrogens is 360 g/mol. The summed E-state index contributed by atoms with van der Waals surface area (Å²) in [7, 11) is -3.63. The molecule has 0 aromatic heterocycles. The summed E-state index contributed by atoms with van der Waals surface area (Å²) in [6.45, 7) is 7.56. The lowest BCUT2D eigenvalue weighted by molar-refractivity contribution is -0.116. The zero-order valence-corrected chi connectivity index (χ0v) is 17.4. The summed E-state index contributed by atoms with van der Waals surface area (Å²) in [5, 5.41) is 2.97. The molecule has 2 aromatic carbocycles. The van der Waals surface area contributed by atoms with Gasteiger partial charge in [0, 0.05) is 5.69 Å². The van der Waals surface area contributed by atoms with Gasteiger partial charge in [0.2, 0.25) is 15.9 Å². The topological polar surface area (TPSA) is 66.5 Å². The number of benzene rings is 2. The predicted molar refractivity (Wildman–Crippen MR) is 112 cm³/mol. The van der Waals surface area contributed by atoms with E-state index in [9.17, 15) is 13.2 Å². The third-order valence-corrected chi connectivity index (χ3v) is 5.83. The Hall–Kier alpha value is -2.34. The minimum atomic E-state index is -3.63. The zero-order valence-electron chi connectivity index (χ0n) is 16.6. The molecular formula is C21H28N2O3S. The van der Waals surface area contributed by atoms with Crippen molar-refractivity contribution in [3.8, 4) is 0 Å². The Balaban J connectivity index is 2.40. The summed E-state index contributed by atoms with van der Waals surface area (Å²) in [4.78, 5) is 13.0. The number of rotatable bonds is 7. The number of para-hydroxylation sites is 1. The molecule has 0 spiro atoms. The van der Waals surface area contributed by atoms with Gasteiger partial charge in [0.15, 0.2) is 0 Å². The fourth-order valence-electron chi connectivity index (χ4n) is 3.20. The Kier molecular flexibility index (Phi) is 6.65. The minimum absolute atomic E-state index is 0.350. The van der Waals surface area contributed by atoms with E-state index in [0.29, 0.717) is 5.69 Å². The molecule has 0 aliphatic heterocycles. The Labute approximate surface area is 162 Å². The van der Waals surface area contributed by atoms with Crippen LogP contribution in [0, 0.1) is 6.92 Å². The largest absolute Gasteiger partial charge is 0.324 e. The number of nitrogens with zero attached hydrogens (tertiary/aromatic N) is 1. The van der Waals surface area contributed by atoms with Crippen LogP contribution in [0.2, 0.25) is 0 Å². The van der Waals surface area contributed by atoms with Gasteiger partial charge in [0.25, 0.3) is 0 Å². The van der Waals surface area contributed by atoms with Crippen LogP contribution in [-0.2, 0) is 27.7 Å². The van der Waals surface area contributed by atoms with Crippen molar-refractivity contribution in [3.63, 3.8) is 0 Å². The van der Waals surface area contributed by atoms with Gasteiger partial charge in [-0.25, -0.2) is 8.42 Å². The summed E-state index contributed by atoms with van der Waals surface area (Å²) in [5.74, 6) is -0.350. The molecule has 5 nitrogen and oxygen atoms in total. The van der Waals surface area contributed by atoms with Crippen molar-refractivity contribution in [2.24, 2.45) is 0 Å². The normalized spacial score (nSPS) is 12.5. The number of anilines is 2. The van der Waals surface area contributed by atoms with Gasteiger partial charge in [-0.1, -0.05) is 44.2 Å². The van der Waals surface area contributed by atoms with Crippen molar-refractivity contribution in [2.75, 3.05) is 15.9 Å². The van der Waals surface area contributed by atoms with E-state index in [1.807, 2.05) is 45.0 Å². The van der Waals surface area contributed by atoms with E-state index in [-0.39, 0.29) is 5.91 Å². The average molecular weight is 389 g/mol. The van der Waals surface area contributed by atoms with Crippen molar-refractivity contribution in [2.45, 2.75) is 46.6 Å². The van der Waals surface area contributed by atoms with Crippen molar-refractivity contribution in [1.29, 1.82) is 0 Å². The van der Waals surface area contributed by atoms with Crippen molar-refractivity contribution in [3.05, 3.63) is 59.2 Å². The van der Waals surface area contributed by atoms with Crippen LogP contribution in [-0.4, -0.2) is 26.6 Å². The van der Waals surface area contributed by atoms with Crippen LogP contribution in [0.1, 0.15) is 37.5 Å². The molecule has 146 valence electrons. The molecule has 27 heavy (non-hydrogen) atoms. The number of amides is 1. The van der Waals surface area contributed by atoms with Gasteiger partial charge in [-0.05, 0) is 55.5 Å². The molecule has 2 rings (SSSR count). The van der Waals surface area contributed by atoms with Crippen LogP contribution in [0.5, 0.6) is 0 Å². The Morgan fingerprint density at radius 2 is 1.63 bits per heavy atom. The van der Waals surface area contributed by atoms with Crippen molar-refractivity contribution >= 4 is 27.3 Å². The maximum absolute atomic E-state index is 13.0. The number of aryl methyl sites for hydroxylation is 3. The van der Waals surface area contributed by atoms with Crippen LogP contribution < -0.4 is 9.62 Å². The molecule has 0 aliphatic rings. The van der Waals surface area contributed by atoms with E-state index in [4.69, 9.17) is 0 Å². The minimum Gasteiger partial charge on any atom is -0.324 e. The number of carbonyl (C=O) groups excluding carboxylic acids is 1. The van der Waals surface area contributed by atoms with E-state index in [1.54, 1.807) is 25.1 Å². The zero-order chi connectivity index (χ0) is 20.2. The number of nitrogens with one attached hydrogen (secondary N) is 1. The smallest absolute Gasteiger partial charge is 0.248 e. The second kappa shape index (κ2) is 8.57. The van der Waals surface area contributed by atoms with E-state index >= 15 is 0 Å². The third kappa shape index (κ3) is 4.89. The van der Waals surface area contributed by atoms with Gasteiger partial charge in [0.1, 0.15) is 6.04 Å². The maximum Gasteiger partial charge on any atom is 0.248 e. The lowest BCUT2D eigenvalue weighted by atomic mass is 10.0. The van der Waals surface area contributed by atoms with Gasteiger partial charge in [-0.3, -0.25) is 9.10 Å². The Morgan fingerprint density at radius 1 is 1.07 bits per heavy atom. The second-order valence-electron chi connectivity index (χ2n) is 6.72. The third-order valence-electron chi connectivity index (χ3n) is 4.59. The SMILES string of the molecule is CCc1cccc(CC)c1NC(=O)[C@@H](C)N(c1cccc(C)c1)S(C)(=O)=O. The number of carbonyl (C=O) groups is 1. The van der Waals surface area contributed by atoms with Crippen LogP contribution in [0.3, 0.4) is 0 Å². The summed E-state index contributed by atoms with van der Waals surface area (Å²) < 4.78 is 26.0. The van der Waals surface area contributed by atoms with Crippen LogP contribution in [0.25, 0.3) is 0 Å². The highest BCUT2D eigenvalue weighted by Crippen LogP contribution is 2.25. The first-order chi connectivity index (χ1) is 12.7. The van der Waals surface area contributed by atoms with E-state index in [1.165, 1.54) is 4.31 Å². The van der Waals surface area contributed by atoms with E-state index in [0.717, 1.165) is 41.5 Å². The molecule has 6 heteroatoms. The van der Waals surface area contributed by atoms with Gasteiger partial charge in [-0.15, -0.1) is 0 Å². The number of hydrogen-bond acceptors (Lipinski definition) is 3. The highest BCUT2D eigenvalue weighted by atomic mass is 32.2. The number of sulfonamides is 1. The van der Waals surface area contributed by atoms with Gasteiger partial charge >= 0.3 is 0 Å². The molecule has 0 unspecified atom stereocenters. The first-order valence-corrected chi connectivity index (χ1v) is 11.0. The Bertz CT molecular complexity index is 901. The second-order valence-corrected chi connectivity index (χ2v) is 8.58. The van der Waals surface area contributed by atoms with E-state index < -0.39 is 16.1 Å². The molecule has 0 fully saturated rings. The molecule has 0 saturated carbocycles. The fourth-order valence-corrected chi connectivity index (χ4v) is 4.37.